The van der Waals surface area contributed by atoms with Crippen molar-refractivity contribution in [2.75, 3.05) is 11.9 Å². The van der Waals surface area contributed by atoms with Crippen LogP contribution in [0.25, 0.3) is 0 Å². The second kappa shape index (κ2) is 6.95. The summed E-state index contributed by atoms with van der Waals surface area (Å²) in [6, 6.07) is 10.1. The molecule has 0 saturated heterocycles. The summed E-state index contributed by atoms with van der Waals surface area (Å²) in [7, 11) is 1.62. The summed E-state index contributed by atoms with van der Waals surface area (Å²) in [5.41, 5.74) is 1.67. The molecule has 9 heteroatoms. The van der Waals surface area contributed by atoms with E-state index in [1.165, 1.54) is 4.90 Å². The largest absolute Gasteiger partial charge is 0.453 e. The van der Waals surface area contributed by atoms with Crippen molar-refractivity contribution >= 4 is 11.6 Å². The van der Waals surface area contributed by atoms with Gasteiger partial charge in [-0.3, -0.25) is 9.78 Å². The lowest BCUT2D eigenvalue weighted by Gasteiger charge is -2.17. The van der Waals surface area contributed by atoms with Crippen LogP contribution in [-0.2, 0) is 12.7 Å². The lowest BCUT2D eigenvalue weighted by molar-refractivity contribution is -0.145. The van der Waals surface area contributed by atoms with Crippen LogP contribution in [0.1, 0.15) is 21.7 Å². The van der Waals surface area contributed by atoms with Gasteiger partial charge in [-0.25, -0.2) is 9.67 Å². The third-order valence-electron chi connectivity index (χ3n) is 3.65. The topological polar surface area (TPSA) is 63.9 Å². The third-order valence-corrected chi connectivity index (χ3v) is 3.65. The standard InChI is InChI=1S/C17H14F3N5O/c1-24(14-6-3-7-21-9-14)15(26)13-5-2-4-12(8-13)10-25-11-22-16(23-25)17(18,19)20/h2-9,11H,10H2,1H3. The van der Waals surface area contributed by atoms with Gasteiger partial charge in [-0.05, 0) is 29.8 Å². The molecular formula is C17H14F3N5O. The average molecular weight is 361 g/mol. The van der Waals surface area contributed by atoms with Crippen LogP contribution in [0.5, 0.6) is 0 Å². The van der Waals surface area contributed by atoms with Crippen LogP contribution in [0.4, 0.5) is 18.9 Å². The Kier molecular flexibility index (Phi) is 4.70. The van der Waals surface area contributed by atoms with Gasteiger partial charge in [-0.15, -0.1) is 5.10 Å². The minimum absolute atomic E-state index is 0.0702. The molecule has 0 aliphatic heterocycles. The highest BCUT2D eigenvalue weighted by atomic mass is 19.4. The van der Waals surface area contributed by atoms with Crippen LogP contribution >= 0.6 is 0 Å². The van der Waals surface area contributed by atoms with Crippen LogP contribution in [0.3, 0.4) is 0 Å². The minimum Gasteiger partial charge on any atom is -0.310 e. The quantitative estimate of drug-likeness (QED) is 0.717. The van der Waals surface area contributed by atoms with Crippen molar-refractivity contribution in [1.29, 1.82) is 0 Å². The van der Waals surface area contributed by atoms with E-state index in [0.29, 0.717) is 16.8 Å². The number of pyridine rings is 1. The van der Waals surface area contributed by atoms with Crippen molar-refractivity contribution in [2.24, 2.45) is 0 Å². The fraction of sp³-hybridized carbons (Fsp3) is 0.176. The lowest BCUT2D eigenvalue weighted by atomic mass is 10.1. The number of benzene rings is 1. The minimum atomic E-state index is -4.59. The second-order valence-electron chi connectivity index (χ2n) is 5.54. The Bertz CT molecular complexity index is 908. The van der Waals surface area contributed by atoms with Gasteiger partial charge in [0.25, 0.3) is 11.7 Å². The predicted octanol–water partition coefficient (Wildman–Crippen LogP) is 3.02. The molecule has 1 aromatic carbocycles. The SMILES string of the molecule is CN(C(=O)c1cccc(Cn2cnc(C(F)(F)F)n2)c1)c1cccnc1. The summed E-state index contributed by atoms with van der Waals surface area (Å²) in [6.07, 6.45) is -0.403. The first-order valence-corrected chi connectivity index (χ1v) is 7.58. The highest BCUT2D eigenvalue weighted by Crippen LogP contribution is 2.25. The molecule has 0 N–H and O–H groups in total. The first kappa shape index (κ1) is 17.6. The summed E-state index contributed by atoms with van der Waals surface area (Å²) in [5, 5.41) is 3.41. The van der Waals surface area contributed by atoms with Gasteiger partial charge in [0.05, 0.1) is 18.4 Å². The molecule has 0 radical (unpaired) electrons. The highest BCUT2D eigenvalue weighted by molar-refractivity contribution is 6.05. The van der Waals surface area contributed by atoms with Crippen molar-refractivity contribution in [3.63, 3.8) is 0 Å². The maximum Gasteiger partial charge on any atom is 0.453 e. The van der Waals surface area contributed by atoms with Crippen molar-refractivity contribution < 1.29 is 18.0 Å². The van der Waals surface area contributed by atoms with E-state index in [-0.39, 0.29) is 12.5 Å². The van der Waals surface area contributed by atoms with E-state index in [0.717, 1.165) is 11.0 Å². The van der Waals surface area contributed by atoms with Crippen molar-refractivity contribution in [1.82, 2.24) is 19.7 Å². The molecule has 0 aliphatic carbocycles. The van der Waals surface area contributed by atoms with Crippen molar-refractivity contribution in [3.8, 4) is 0 Å². The van der Waals surface area contributed by atoms with Crippen molar-refractivity contribution in [2.45, 2.75) is 12.7 Å². The number of halogens is 3. The molecule has 26 heavy (non-hydrogen) atoms. The smallest absolute Gasteiger partial charge is 0.310 e. The number of hydrogen-bond acceptors (Lipinski definition) is 4. The van der Waals surface area contributed by atoms with Crippen LogP contribution in [-0.4, -0.2) is 32.7 Å². The molecule has 0 aliphatic rings. The number of amides is 1. The van der Waals surface area contributed by atoms with Gasteiger partial charge in [0.1, 0.15) is 6.33 Å². The second-order valence-corrected chi connectivity index (χ2v) is 5.54. The molecule has 0 bridgehead atoms. The van der Waals surface area contributed by atoms with E-state index in [4.69, 9.17) is 0 Å². The summed E-state index contributed by atoms with van der Waals surface area (Å²) >= 11 is 0. The Hall–Kier alpha value is -3.23. The van der Waals surface area contributed by atoms with E-state index in [1.807, 2.05) is 0 Å². The number of aromatic nitrogens is 4. The number of alkyl halides is 3. The summed E-state index contributed by atoms with van der Waals surface area (Å²) < 4.78 is 38.8. The number of rotatable bonds is 4. The van der Waals surface area contributed by atoms with Gasteiger partial charge in [0, 0.05) is 18.8 Å². The van der Waals surface area contributed by atoms with Gasteiger partial charge < -0.3 is 4.90 Å². The van der Waals surface area contributed by atoms with Crippen LogP contribution < -0.4 is 4.90 Å². The third kappa shape index (κ3) is 3.88. The molecule has 2 heterocycles. The van der Waals surface area contributed by atoms with E-state index in [9.17, 15) is 18.0 Å². The molecule has 2 aromatic heterocycles. The summed E-state index contributed by atoms with van der Waals surface area (Å²) in [5.74, 6) is -1.45. The summed E-state index contributed by atoms with van der Waals surface area (Å²) in [4.78, 5) is 21.3. The fourth-order valence-electron chi connectivity index (χ4n) is 2.35. The van der Waals surface area contributed by atoms with Crippen LogP contribution in [0.15, 0.2) is 55.1 Å². The first-order chi connectivity index (χ1) is 12.3. The zero-order valence-electron chi connectivity index (χ0n) is 13.7. The fourth-order valence-corrected chi connectivity index (χ4v) is 2.35. The zero-order valence-corrected chi connectivity index (χ0v) is 13.7. The van der Waals surface area contributed by atoms with Gasteiger partial charge >= 0.3 is 6.18 Å². The zero-order chi connectivity index (χ0) is 18.7. The Morgan fingerprint density at radius 1 is 1.23 bits per heavy atom. The molecule has 0 fully saturated rings. The first-order valence-electron chi connectivity index (χ1n) is 7.58. The Morgan fingerprint density at radius 2 is 2.04 bits per heavy atom. The number of carbonyl (C=O) groups is 1. The number of hydrogen-bond donors (Lipinski definition) is 0. The highest BCUT2D eigenvalue weighted by Gasteiger charge is 2.35. The van der Waals surface area contributed by atoms with Gasteiger partial charge in [0.2, 0.25) is 0 Å². The Labute approximate surface area is 146 Å². The molecule has 0 saturated carbocycles. The molecule has 1 amide bonds. The van der Waals surface area contributed by atoms with Crippen molar-refractivity contribution in [3.05, 3.63) is 72.1 Å². The van der Waals surface area contributed by atoms with Crippen LogP contribution in [0, 0.1) is 0 Å². The molecule has 134 valence electrons. The van der Waals surface area contributed by atoms with E-state index < -0.39 is 12.0 Å². The number of anilines is 1. The molecular weight excluding hydrogens is 347 g/mol. The Morgan fingerprint density at radius 3 is 2.69 bits per heavy atom. The molecule has 0 spiro atoms. The Balaban J connectivity index is 1.78. The maximum absolute atomic E-state index is 12.6. The van der Waals surface area contributed by atoms with Crippen LogP contribution in [0.2, 0.25) is 0 Å². The summed E-state index contributed by atoms with van der Waals surface area (Å²) in [6.45, 7) is 0.0702. The number of carbonyl (C=O) groups excluding carboxylic acids is 1. The van der Waals surface area contributed by atoms with E-state index in [1.54, 1.807) is 55.8 Å². The van der Waals surface area contributed by atoms with Gasteiger partial charge in [0.15, 0.2) is 0 Å². The molecule has 6 nitrogen and oxygen atoms in total. The lowest BCUT2D eigenvalue weighted by Crippen LogP contribution is -2.26. The van der Waals surface area contributed by atoms with E-state index >= 15 is 0 Å². The average Bonchev–Trinajstić information content (AvgIpc) is 3.10. The molecule has 0 atom stereocenters. The van der Waals surface area contributed by atoms with Gasteiger partial charge in [-0.1, -0.05) is 12.1 Å². The maximum atomic E-state index is 12.6. The monoisotopic (exact) mass is 361 g/mol. The number of nitrogens with zero attached hydrogens (tertiary/aromatic N) is 5. The van der Waals surface area contributed by atoms with Gasteiger partial charge in [-0.2, -0.15) is 13.2 Å². The normalized spacial score (nSPS) is 11.4. The van der Waals surface area contributed by atoms with E-state index in [2.05, 4.69) is 15.1 Å². The molecule has 0 unspecified atom stereocenters. The molecule has 3 rings (SSSR count). The predicted molar refractivity (Wildman–Crippen MR) is 87.5 cm³/mol. The molecule has 3 aromatic rings.